The van der Waals surface area contributed by atoms with Crippen molar-refractivity contribution in [3.8, 4) is 0 Å². The maximum absolute atomic E-state index is 13.1. The van der Waals surface area contributed by atoms with Crippen molar-refractivity contribution in [1.82, 2.24) is 20.2 Å². The first kappa shape index (κ1) is 16.4. The topological polar surface area (TPSA) is 60.7 Å². The Labute approximate surface area is 145 Å². The lowest BCUT2D eigenvalue weighted by Crippen LogP contribution is -2.12. The fraction of sp³-hybridized carbons (Fsp3) is 0.222. The highest BCUT2D eigenvalue weighted by Crippen LogP contribution is 2.37. The number of hydrogen-bond acceptors (Lipinski definition) is 5. The van der Waals surface area contributed by atoms with Crippen LogP contribution in [0.3, 0.4) is 0 Å². The fourth-order valence-corrected chi connectivity index (χ4v) is 3.53. The highest BCUT2D eigenvalue weighted by Gasteiger charge is 2.26. The molecular weight excluding hydrogens is 320 g/mol. The van der Waals surface area contributed by atoms with Crippen molar-refractivity contribution in [3.63, 3.8) is 0 Å². The molecule has 0 aliphatic rings. The van der Waals surface area contributed by atoms with Gasteiger partial charge in [0, 0.05) is 5.56 Å². The molecule has 6 heteroatoms. The summed E-state index contributed by atoms with van der Waals surface area (Å²) in [5.74, 6) is 0.0464. The van der Waals surface area contributed by atoms with E-state index in [4.69, 9.17) is 0 Å². The Morgan fingerprint density at radius 1 is 1.00 bits per heavy atom. The van der Waals surface area contributed by atoms with Gasteiger partial charge in [-0.05, 0) is 29.8 Å². The van der Waals surface area contributed by atoms with E-state index in [1.807, 2.05) is 74.5 Å². The van der Waals surface area contributed by atoms with Gasteiger partial charge in [-0.15, -0.1) is 5.10 Å². The SMILES string of the molecule is CC(C)n1nnnc1S[C@@H](C(=O)c1ccccc1)c1ccccc1. The predicted molar refractivity (Wildman–Crippen MR) is 94.0 cm³/mol. The Kier molecular flexibility index (Phi) is 5.05. The number of thioether (sulfide) groups is 1. The lowest BCUT2D eigenvalue weighted by atomic mass is 10.0. The minimum absolute atomic E-state index is 0.0464. The average molecular weight is 338 g/mol. The van der Waals surface area contributed by atoms with Crippen LogP contribution >= 0.6 is 11.8 Å². The molecule has 5 nitrogen and oxygen atoms in total. The molecule has 1 heterocycles. The Hall–Kier alpha value is -2.47. The van der Waals surface area contributed by atoms with Crippen molar-refractivity contribution < 1.29 is 4.79 Å². The van der Waals surface area contributed by atoms with E-state index in [2.05, 4.69) is 15.5 Å². The summed E-state index contributed by atoms with van der Waals surface area (Å²) < 4.78 is 1.74. The van der Waals surface area contributed by atoms with Crippen LogP contribution in [0.4, 0.5) is 0 Å². The number of rotatable bonds is 6. The molecule has 0 spiro atoms. The van der Waals surface area contributed by atoms with Crippen LogP contribution in [0.15, 0.2) is 65.8 Å². The number of Topliss-reactive ketones (excluding diaryl/α,β-unsaturated/α-hetero) is 1. The Bertz CT molecular complexity index is 802. The van der Waals surface area contributed by atoms with Gasteiger partial charge in [0.25, 0.3) is 0 Å². The van der Waals surface area contributed by atoms with Crippen LogP contribution in [0.25, 0.3) is 0 Å². The molecule has 3 rings (SSSR count). The zero-order chi connectivity index (χ0) is 16.9. The third kappa shape index (κ3) is 3.54. The minimum atomic E-state index is -0.392. The summed E-state index contributed by atoms with van der Waals surface area (Å²) in [5.41, 5.74) is 1.62. The van der Waals surface area contributed by atoms with Crippen LogP contribution in [0.5, 0.6) is 0 Å². The smallest absolute Gasteiger partial charge is 0.210 e. The standard InChI is InChI=1S/C18H18N4OS/c1-13(2)22-18(19-20-21-22)24-17(15-11-7-4-8-12-15)16(23)14-9-5-3-6-10-14/h3-13,17H,1-2H3/t17-/m1/s1. The van der Waals surface area contributed by atoms with E-state index >= 15 is 0 Å². The molecular formula is C18H18N4OS. The van der Waals surface area contributed by atoms with E-state index in [-0.39, 0.29) is 11.8 Å². The summed E-state index contributed by atoms with van der Waals surface area (Å²) in [6, 6.07) is 19.2. The molecule has 2 aromatic carbocycles. The second-order valence-electron chi connectivity index (χ2n) is 5.64. The quantitative estimate of drug-likeness (QED) is 0.503. The maximum atomic E-state index is 13.1. The van der Waals surface area contributed by atoms with Crippen LogP contribution in [-0.2, 0) is 0 Å². The number of nitrogens with zero attached hydrogens (tertiary/aromatic N) is 4. The first-order valence-corrected chi connectivity index (χ1v) is 8.63. The molecule has 0 saturated heterocycles. The van der Waals surface area contributed by atoms with E-state index in [1.54, 1.807) is 4.68 Å². The van der Waals surface area contributed by atoms with Gasteiger partial charge < -0.3 is 0 Å². The molecule has 3 aromatic rings. The van der Waals surface area contributed by atoms with Crippen LogP contribution < -0.4 is 0 Å². The number of benzene rings is 2. The molecule has 0 amide bonds. The van der Waals surface area contributed by atoms with Gasteiger partial charge in [-0.2, -0.15) is 0 Å². The van der Waals surface area contributed by atoms with E-state index in [0.29, 0.717) is 10.7 Å². The predicted octanol–water partition coefficient (Wildman–Crippen LogP) is 3.97. The molecule has 1 atom stereocenters. The molecule has 0 bridgehead atoms. The van der Waals surface area contributed by atoms with E-state index < -0.39 is 5.25 Å². The third-order valence-corrected chi connectivity index (χ3v) is 4.78. The monoisotopic (exact) mass is 338 g/mol. The number of carbonyl (C=O) groups excluding carboxylic acids is 1. The molecule has 0 aliphatic heterocycles. The van der Waals surface area contributed by atoms with Crippen LogP contribution in [0.1, 0.15) is 41.1 Å². The maximum Gasteiger partial charge on any atom is 0.210 e. The van der Waals surface area contributed by atoms with Gasteiger partial charge in [-0.25, -0.2) is 4.68 Å². The highest BCUT2D eigenvalue weighted by molar-refractivity contribution is 8.00. The number of hydrogen-bond donors (Lipinski definition) is 0. The second-order valence-corrected chi connectivity index (χ2v) is 6.71. The lowest BCUT2D eigenvalue weighted by Gasteiger charge is -2.16. The summed E-state index contributed by atoms with van der Waals surface area (Å²) >= 11 is 1.38. The molecule has 0 aliphatic carbocycles. The van der Waals surface area contributed by atoms with Crippen molar-refractivity contribution in [3.05, 3.63) is 71.8 Å². The Balaban J connectivity index is 1.97. The van der Waals surface area contributed by atoms with Crippen LogP contribution in [0.2, 0.25) is 0 Å². The molecule has 24 heavy (non-hydrogen) atoms. The van der Waals surface area contributed by atoms with Crippen molar-refractivity contribution in [2.24, 2.45) is 0 Å². The van der Waals surface area contributed by atoms with Crippen LogP contribution in [0, 0.1) is 0 Å². The van der Waals surface area contributed by atoms with E-state index in [1.165, 1.54) is 11.8 Å². The van der Waals surface area contributed by atoms with Gasteiger partial charge >= 0.3 is 0 Å². The fourth-order valence-electron chi connectivity index (χ4n) is 2.35. The van der Waals surface area contributed by atoms with Gasteiger partial charge in [0.2, 0.25) is 5.16 Å². The zero-order valence-electron chi connectivity index (χ0n) is 13.5. The number of tetrazole rings is 1. The van der Waals surface area contributed by atoms with Gasteiger partial charge in [-0.3, -0.25) is 4.79 Å². The second kappa shape index (κ2) is 7.40. The first-order chi connectivity index (χ1) is 11.7. The summed E-state index contributed by atoms with van der Waals surface area (Å²) in [6.45, 7) is 4.02. The van der Waals surface area contributed by atoms with Gasteiger partial charge in [0.05, 0.1) is 6.04 Å². The summed E-state index contributed by atoms with van der Waals surface area (Å²) in [5, 5.41) is 12.1. The van der Waals surface area contributed by atoms with Crippen molar-refractivity contribution in [1.29, 1.82) is 0 Å². The molecule has 122 valence electrons. The summed E-state index contributed by atoms with van der Waals surface area (Å²) in [4.78, 5) is 13.1. The normalized spacial score (nSPS) is 12.3. The summed E-state index contributed by atoms with van der Waals surface area (Å²) in [7, 11) is 0. The number of ketones is 1. The molecule has 0 fully saturated rings. The Morgan fingerprint density at radius 3 is 2.25 bits per heavy atom. The lowest BCUT2D eigenvalue weighted by molar-refractivity contribution is 0.0989. The number of carbonyl (C=O) groups is 1. The molecule has 0 unspecified atom stereocenters. The summed E-state index contributed by atoms with van der Waals surface area (Å²) in [6.07, 6.45) is 0. The molecule has 0 radical (unpaired) electrons. The van der Waals surface area contributed by atoms with Gasteiger partial charge in [0.1, 0.15) is 5.25 Å². The van der Waals surface area contributed by atoms with Crippen molar-refractivity contribution in [2.45, 2.75) is 30.3 Å². The largest absolute Gasteiger partial charge is 0.293 e. The third-order valence-electron chi connectivity index (χ3n) is 3.57. The number of aromatic nitrogens is 4. The van der Waals surface area contributed by atoms with E-state index in [0.717, 1.165) is 5.56 Å². The average Bonchev–Trinajstić information content (AvgIpc) is 3.09. The van der Waals surface area contributed by atoms with Gasteiger partial charge in [-0.1, -0.05) is 72.4 Å². The van der Waals surface area contributed by atoms with Crippen LogP contribution in [-0.4, -0.2) is 26.0 Å². The van der Waals surface area contributed by atoms with Crippen molar-refractivity contribution >= 4 is 17.5 Å². The Morgan fingerprint density at radius 2 is 1.62 bits per heavy atom. The minimum Gasteiger partial charge on any atom is -0.293 e. The highest BCUT2D eigenvalue weighted by atomic mass is 32.2. The van der Waals surface area contributed by atoms with Crippen molar-refractivity contribution in [2.75, 3.05) is 0 Å². The molecule has 0 saturated carbocycles. The van der Waals surface area contributed by atoms with E-state index in [9.17, 15) is 4.79 Å². The van der Waals surface area contributed by atoms with Gasteiger partial charge in [0.15, 0.2) is 5.78 Å². The molecule has 1 aromatic heterocycles. The molecule has 0 N–H and O–H groups in total. The zero-order valence-corrected chi connectivity index (χ0v) is 14.4. The first-order valence-electron chi connectivity index (χ1n) is 7.75.